The van der Waals surface area contributed by atoms with Crippen LogP contribution in [0.5, 0.6) is 0 Å². The van der Waals surface area contributed by atoms with Crippen molar-refractivity contribution in [2.24, 2.45) is 8.62 Å². The lowest BCUT2D eigenvalue weighted by Crippen LogP contribution is -2.27. The third kappa shape index (κ3) is 3.30. The number of hydrogen-bond acceptors (Lipinski definition) is 1. The van der Waals surface area contributed by atoms with Crippen LogP contribution < -0.4 is 0 Å². The van der Waals surface area contributed by atoms with E-state index in [2.05, 4.69) is 77.2 Å². The zero-order valence-corrected chi connectivity index (χ0v) is 11.8. The summed E-state index contributed by atoms with van der Waals surface area (Å²) in [7, 11) is 0. The van der Waals surface area contributed by atoms with Crippen molar-refractivity contribution in [3.05, 3.63) is 35.9 Å². The largest absolute Gasteiger partial charge is 0.224 e. The van der Waals surface area contributed by atoms with Crippen LogP contribution in [0, 0.1) is 5.41 Å². The van der Waals surface area contributed by atoms with Crippen LogP contribution in [0.15, 0.2) is 33.5 Å². The summed E-state index contributed by atoms with van der Waals surface area (Å²) in [5.74, 6) is 0. The summed E-state index contributed by atoms with van der Waals surface area (Å²) < 4.78 is 4.31. The van der Waals surface area contributed by atoms with Crippen molar-refractivity contribution in [1.82, 2.24) is 0 Å². The van der Waals surface area contributed by atoms with Crippen molar-refractivity contribution in [2.45, 2.75) is 33.6 Å². The van der Waals surface area contributed by atoms with Crippen molar-refractivity contribution >= 4 is 28.6 Å². The van der Waals surface area contributed by atoms with Gasteiger partial charge in [0.05, 0.1) is 22.9 Å². The van der Waals surface area contributed by atoms with E-state index >= 15 is 0 Å². The first kappa shape index (κ1) is 12.7. The Balaban J connectivity index is 2.87. The molecule has 0 aliphatic heterocycles. The molecule has 0 aliphatic rings. The third-order valence-electron chi connectivity index (χ3n) is 3.22. The van der Waals surface area contributed by atoms with Crippen LogP contribution in [0.3, 0.4) is 0 Å². The molecule has 2 heteroatoms. The van der Waals surface area contributed by atoms with Gasteiger partial charge in [0.2, 0.25) is 0 Å². The molecule has 0 amide bonds. The molecule has 1 atom stereocenters. The lowest BCUT2D eigenvalue weighted by molar-refractivity contribution is 0.446. The molecule has 1 unspecified atom stereocenters. The van der Waals surface area contributed by atoms with Crippen LogP contribution in [0.25, 0.3) is 0 Å². The molecule has 1 aromatic carbocycles. The van der Waals surface area contributed by atoms with Crippen LogP contribution in [0.4, 0.5) is 0 Å². The van der Waals surface area contributed by atoms with E-state index in [0.29, 0.717) is 0 Å². The Bertz CT molecular complexity index is 332. The highest BCUT2D eigenvalue weighted by molar-refractivity contribution is 14.1. The maximum atomic E-state index is 4.31. The van der Waals surface area contributed by atoms with Gasteiger partial charge in [0, 0.05) is 11.1 Å². The summed E-state index contributed by atoms with van der Waals surface area (Å²) in [6, 6.07) is 10.6. The third-order valence-corrected chi connectivity index (χ3v) is 3.94. The highest BCUT2D eigenvalue weighted by Crippen LogP contribution is 2.29. The Morgan fingerprint density at radius 3 is 2.40 bits per heavy atom. The van der Waals surface area contributed by atoms with Crippen molar-refractivity contribution in [2.75, 3.05) is 0 Å². The Labute approximate surface area is 106 Å². The lowest BCUT2D eigenvalue weighted by atomic mass is 9.77. The van der Waals surface area contributed by atoms with Crippen LogP contribution in [0.2, 0.25) is 0 Å². The summed E-state index contributed by atoms with van der Waals surface area (Å²) in [5.41, 5.74) is 2.82. The normalized spacial score (nSPS) is 16.1. The monoisotopic (exact) mass is 315 g/mol. The van der Waals surface area contributed by atoms with E-state index in [4.69, 9.17) is 0 Å². The van der Waals surface area contributed by atoms with Crippen LogP contribution in [0.1, 0.15) is 32.8 Å². The van der Waals surface area contributed by atoms with E-state index in [9.17, 15) is 0 Å². The van der Waals surface area contributed by atoms with Crippen molar-refractivity contribution in [3.63, 3.8) is 0 Å². The zero-order valence-electron chi connectivity index (χ0n) is 9.63. The van der Waals surface area contributed by atoms with Gasteiger partial charge in [0.15, 0.2) is 0 Å². The van der Waals surface area contributed by atoms with Gasteiger partial charge in [0.25, 0.3) is 0 Å². The smallest absolute Gasteiger partial charge is 0.0830 e. The predicted octanol–water partition coefficient (Wildman–Crippen LogP) is 4.46. The predicted molar refractivity (Wildman–Crippen MR) is 75.7 cm³/mol. The maximum absolute atomic E-state index is 4.31. The first-order valence-corrected chi connectivity index (χ1v) is 6.29. The van der Waals surface area contributed by atoms with E-state index in [1.165, 1.54) is 11.3 Å². The molecule has 0 radical (unpaired) electrons. The van der Waals surface area contributed by atoms with Gasteiger partial charge in [-0.25, -0.2) is 3.21 Å². The fraction of sp³-hybridized carbons (Fsp3) is 0.462. The van der Waals surface area contributed by atoms with E-state index in [1.807, 2.05) is 0 Å². The Hall–Kier alpha value is -0.380. The van der Waals surface area contributed by atoms with Gasteiger partial charge in [0.1, 0.15) is 0 Å². The molecule has 1 aromatic rings. The summed E-state index contributed by atoms with van der Waals surface area (Å²) in [5, 5.41) is 0. The molecular weight excluding hydrogens is 297 g/mol. The van der Waals surface area contributed by atoms with E-state index < -0.39 is 0 Å². The minimum absolute atomic E-state index is 0.197. The number of nitrogens with zero attached hydrogens (tertiary/aromatic N) is 1. The number of benzene rings is 1. The molecule has 0 N–H and O–H groups in total. The Morgan fingerprint density at radius 2 is 1.93 bits per heavy atom. The van der Waals surface area contributed by atoms with Crippen LogP contribution >= 0.6 is 22.9 Å². The molecular formula is C13H18IN. The molecule has 0 spiro atoms. The molecule has 0 aliphatic carbocycles. The van der Waals surface area contributed by atoms with Crippen LogP contribution in [-0.2, 0) is 6.42 Å². The summed E-state index contributed by atoms with van der Waals surface area (Å²) >= 11 is 2.09. The van der Waals surface area contributed by atoms with E-state index in [1.54, 1.807) is 0 Å². The van der Waals surface area contributed by atoms with Gasteiger partial charge in [-0.2, -0.15) is 0 Å². The van der Waals surface area contributed by atoms with E-state index in [-0.39, 0.29) is 5.41 Å². The molecule has 1 rings (SSSR count). The zero-order chi connectivity index (χ0) is 11.3. The average Bonchev–Trinajstić information content (AvgIpc) is 2.29. The van der Waals surface area contributed by atoms with Crippen molar-refractivity contribution < 1.29 is 0 Å². The minimum Gasteiger partial charge on any atom is -0.224 e. The second-order valence-electron chi connectivity index (χ2n) is 4.25. The Morgan fingerprint density at radius 1 is 1.33 bits per heavy atom. The molecule has 0 bridgehead atoms. The number of hydrogen-bond donors (Lipinski definition) is 0. The molecule has 15 heavy (non-hydrogen) atoms. The van der Waals surface area contributed by atoms with E-state index in [0.717, 1.165) is 12.8 Å². The summed E-state index contributed by atoms with van der Waals surface area (Å²) in [6.07, 6.45) is 2.20. The average molecular weight is 315 g/mol. The molecule has 0 aromatic heterocycles. The fourth-order valence-electron chi connectivity index (χ4n) is 1.66. The number of halogens is 1. The van der Waals surface area contributed by atoms with Gasteiger partial charge in [-0.05, 0) is 25.3 Å². The lowest BCUT2D eigenvalue weighted by Gasteiger charge is -2.27. The molecule has 82 valence electrons. The van der Waals surface area contributed by atoms with Gasteiger partial charge in [-0.3, -0.25) is 0 Å². The molecule has 0 saturated heterocycles. The van der Waals surface area contributed by atoms with Crippen LogP contribution in [-0.4, -0.2) is 5.71 Å². The highest BCUT2D eigenvalue weighted by atomic mass is 127. The first-order chi connectivity index (χ1) is 7.12. The topological polar surface area (TPSA) is 12.4 Å². The van der Waals surface area contributed by atoms with Crippen molar-refractivity contribution in [3.8, 4) is 0 Å². The summed E-state index contributed by atoms with van der Waals surface area (Å²) in [4.78, 5) is 0. The van der Waals surface area contributed by atoms with Gasteiger partial charge in [-0.1, -0.05) is 44.2 Å². The summed E-state index contributed by atoms with van der Waals surface area (Å²) in [6.45, 7) is 6.64. The maximum Gasteiger partial charge on any atom is 0.0830 e. The van der Waals surface area contributed by atoms with Gasteiger partial charge in [-0.15, -0.1) is 0 Å². The fourth-order valence-corrected chi connectivity index (χ4v) is 2.24. The minimum atomic E-state index is 0.197. The standard InChI is InChI=1S/C13H18IN/c1-4-13(3,11(2)15-14)10-12-8-6-5-7-9-12/h5-9H,4,10H2,1-3H3/b15-11+. The SMILES string of the molecule is CCC(C)(Cc1ccccc1)/C(C)=N/I. The molecule has 0 heterocycles. The second-order valence-corrected chi connectivity index (χ2v) is 4.73. The van der Waals surface area contributed by atoms with Gasteiger partial charge >= 0.3 is 0 Å². The van der Waals surface area contributed by atoms with Gasteiger partial charge < -0.3 is 0 Å². The molecule has 0 fully saturated rings. The van der Waals surface area contributed by atoms with Crippen molar-refractivity contribution in [1.29, 1.82) is 0 Å². The first-order valence-electron chi connectivity index (χ1n) is 5.32. The second kappa shape index (κ2) is 5.64. The highest BCUT2D eigenvalue weighted by Gasteiger charge is 2.25. The quantitative estimate of drug-likeness (QED) is 0.575. The molecule has 0 saturated carbocycles. The number of rotatable bonds is 4. The molecule has 1 nitrogen and oxygen atoms in total. The Kier molecular flexibility index (Phi) is 4.77.